The topological polar surface area (TPSA) is 65.5 Å². The number of nitrogens with one attached hydrogen (secondary N) is 3. The van der Waals surface area contributed by atoms with Crippen molar-refractivity contribution in [2.24, 2.45) is 4.99 Å². The second kappa shape index (κ2) is 10.6. The number of aryl methyl sites for hydroxylation is 2. The van der Waals surface area contributed by atoms with E-state index in [9.17, 15) is 4.79 Å². The summed E-state index contributed by atoms with van der Waals surface area (Å²) in [6.45, 7) is 10.7. The Balaban J connectivity index is 2.47. The molecule has 0 aliphatic heterocycles. The first-order chi connectivity index (χ1) is 11.0. The molecule has 0 saturated heterocycles. The van der Waals surface area contributed by atoms with Gasteiger partial charge >= 0.3 is 0 Å². The molecule has 0 radical (unpaired) electrons. The maximum Gasteiger partial charge on any atom is 0.241 e. The van der Waals surface area contributed by atoms with Crippen molar-refractivity contribution in [3.05, 3.63) is 34.9 Å². The van der Waals surface area contributed by atoms with E-state index < -0.39 is 0 Å². The zero-order valence-electron chi connectivity index (χ0n) is 14.8. The molecule has 1 rings (SSSR count). The van der Waals surface area contributed by atoms with Crippen LogP contribution >= 0.6 is 0 Å². The SMILES string of the molecule is CCCNC(=O)CN=C(NCC)NCCc1cc(C)cc(C)c1. The lowest BCUT2D eigenvalue weighted by molar-refractivity contribution is -0.119. The van der Waals surface area contributed by atoms with Crippen LogP contribution in [0.4, 0.5) is 0 Å². The van der Waals surface area contributed by atoms with Crippen LogP contribution < -0.4 is 16.0 Å². The summed E-state index contributed by atoms with van der Waals surface area (Å²) in [7, 11) is 0. The maximum atomic E-state index is 11.6. The average Bonchev–Trinajstić information content (AvgIpc) is 2.49. The number of benzene rings is 1. The van der Waals surface area contributed by atoms with Gasteiger partial charge in [-0.3, -0.25) is 4.79 Å². The molecule has 0 spiro atoms. The van der Waals surface area contributed by atoms with Gasteiger partial charge in [-0.1, -0.05) is 36.2 Å². The highest BCUT2D eigenvalue weighted by molar-refractivity contribution is 5.84. The highest BCUT2D eigenvalue weighted by Gasteiger charge is 2.02. The van der Waals surface area contributed by atoms with Gasteiger partial charge in [-0.2, -0.15) is 0 Å². The lowest BCUT2D eigenvalue weighted by atomic mass is 10.1. The third-order valence-electron chi connectivity index (χ3n) is 3.28. The number of carbonyl (C=O) groups is 1. The van der Waals surface area contributed by atoms with Crippen molar-refractivity contribution in [1.29, 1.82) is 0 Å². The number of hydrogen-bond donors (Lipinski definition) is 3. The summed E-state index contributed by atoms with van der Waals surface area (Å²) in [4.78, 5) is 15.9. The van der Waals surface area contributed by atoms with E-state index in [0.29, 0.717) is 12.5 Å². The molecule has 23 heavy (non-hydrogen) atoms. The van der Waals surface area contributed by atoms with Gasteiger partial charge in [-0.15, -0.1) is 0 Å². The first-order valence-corrected chi connectivity index (χ1v) is 8.41. The molecule has 3 N–H and O–H groups in total. The predicted molar refractivity (Wildman–Crippen MR) is 96.9 cm³/mol. The van der Waals surface area contributed by atoms with E-state index >= 15 is 0 Å². The van der Waals surface area contributed by atoms with Crippen LogP contribution in [0.5, 0.6) is 0 Å². The van der Waals surface area contributed by atoms with Crippen LogP contribution in [0.25, 0.3) is 0 Å². The Labute approximate surface area is 140 Å². The van der Waals surface area contributed by atoms with Crippen LogP contribution in [0.1, 0.15) is 37.0 Å². The monoisotopic (exact) mass is 318 g/mol. The largest absolute Gasteiger partial charge is 0.357 e. The molecule has 128 valence electrons. The lowest BCUT2D eigenvalue weighted by Gasteiger charge is -2.12. The highest BCUT2D eigenvalue weighted by Crippen LogP contribution is 2.08. The number of aliphatic imine (C=N–C) groups is 1. The third kappa shape index (κ3) is 8.24. The fourth-order valence-corrected chi connectivity index (χ4v) is 2.35. The van der Waals surface area contributed by atoms with E-state index in [-0.39, 0.29) is 12.5 Å². The summed E-state index contributed by atoms with van der Waals surface area (Å²) in [5, 5.41) is 9.26. The summed E-state index contributed by atoms with van der Waals surface area (Å²) >= 11 is 0. The Morgan fingerprint density at radius 3 is 2.30 bits per heavy atom. The van der Waals surface area contributed by atoms with Crippen molar-refractivity contribution in [2.75, 3.05) is 26.2 Å². The second-order valence-corrected chi connectivity index (χ2v) is 5.72. The van der Waals surface area contributed by atoms with Gasteiger partial charge < -0.3 is 16.0 Å². The van der Waals surface area contributed by atoms with Crippen LogP contribution in [0, 0.1) is 13.8 Å². The van der Waals surface area contributed by atoms with Crippen LogP contribution in [-0.4, -0.2) is 38.0 Å². The zero-order chi connectivity index (χ0) is 17.1. The molecule has 5 nitrogen and oxygen atoms in total. The predicted octanol–water partition coefficient (Wildman–Crippen LogP) is 1.93. The molecule has 0 saturated carbocycles. The minimum Gasteiger partial charge on any atom is -0.357 e. The second-order valence-electron chi connectivity index (χ2n) is 5.72. The van der Waals surface area contributed by atoms with Gasteiger partial charge in [0.2, 0.25) is 5.91 Å². The molecule has 0 atom stereocenters. The Kier molecular flexibility index (Phi) is 8.80. The molecule has 0 aliphatic rings. The molecule has 0 aliphatic carbocycles. The third-order valence-corrected chi connectivity index (χ3v) is 3.28. The van der Waals surface area contributed by atoms with E-state index in [1.807, 2.05) is 13.8 Å². The molecule has 1 amide bonds. The highest BCUT2D eigenvalue weighted by atomic mass is 16.1. The number of hydrogen-bond acceptors (Lipinski definition) is 2. The van der Waals surface area contributed by atoms with Crippen molar-refractivity contribution < 1.29 is 4.79 Å². The van der Waals surface area contributed by atoms with E-state index in [2.05, 4.69) is 53.0 Å². The number of carbonyl (C=O) groups excluding carboxylic acids is 1. The normalized spacial score (nSPS) is 11.2. The van der Waals surface area contributed by atoms with Gasteiger partial charge in [0.15, 0.2) is 5.96 Å². The summed E-state index contributed by atoms with van der Waals surface area (Å²) in [6.07, 6.45) is 1.86. The van der Waals surface area contributed by atoms with E-state index in [0.717, 1.165) is 25.9 Å². The fourth-order valence-electron chi connectivity index (χ4n) is 2.35. The van der Waals surface area contributed by atoms with Crippen molar-refractivity contribution >= 4 is 11.9 Å². The Hall–Kier alpha value is -2.04. The molecule has 1 aromatic carbocycles. The molecule has 0 bridgehead atoms. The summed E-state index contributed by atoms with van der Waals surface area (Å²) in [6, 6.07) is 6.59. The Bertz CT molecular complexity index is 506. The molecule has 0 unspecified atom stereocenters. The van der Waals surface area contributed by atoms with Gasteiger partial charge in [-0.25, -0.2) is 4.99 Å². The molecule has 5 heteroatoms. The Morgan fingerprint density at radius 1 is 1.00 bits per heavy atom. The van der Waals surface area contributed by atoms with Gasteiger partial charge in [0.05, 0.1) is 0 Å². The van der Waals surface area contributed by atoms with E-state index in [1.165, 1.54) is 16.7 Å². The maximum absolute atomic E-state index is 11.6. The Morgan fingerprint density at radius 2 is 1.70 bits per heavy atom. The van der Waals surface area contributed by atoms with Crippen LogP contribution in [0.3, 0.4) is 0 Å². The van der Waals surface area contributed by atoms with Gasteiger partial charge in [-0.05, 0) is 39.2 Å². The average molecular weight is 318 g/mol. The molecule has 1 aromatic rings. The summed E-state index contributed by atoms with van der Waals surface area (Å²) in [5.41, 5.74) is 3.88. The lowest BCUT2D eigenvalue weighted by Crippen LogP contribution is -2.39. The number of rotatable bonds is 8. The van der Waals surface area contributed by atoms with Crippen molar-refractivity contribution in [3.8, 4) is 0 Å². The molecule has 0 aromatic heterocycles. The minimum absolute atomic E-state index is 0.0432. The smallest absolute Gasteiger partial charge is 0.241 e. The van der Waals surface area contributed by atoms with E-state index in [1.54, 1.807) is 0 Å². The van der Waals surface area contributed by atoms with Gasteiger partial charge in [0.25, 0.3) is 0 Å². The fraction of sp³-hybridized carbons (Fsp3) is 0.556. The van der Waals surface area contributed by atoms with Crippen LogP contribution in [0.15, 0.2) is 23.2 Å². The molecule has 0 fully saturated rings. The first-order valence-electron chi connectivity index (χ1n) is 8.41. The minimum atomic E-state index is -0.0432. The van der Waals surface area contributed by atoms with Gasteiger partial charge in [0, 0.05) is 19.6 Å². The van der Waals surface area contributed by atoms with Crippen LogP contribution in [0.2, 0.25) is 0 Å². The molecular formula is C18H30N4O. The summed E-state index contributed by atoms with van der Waals surface area (Å²) in [5.74, 6) is 0.641. The van der Waals surface area contributed by atoms with Crippen molar-refractivity contribution in [1.82, 2.24) is 16.0 Å². The van der Waals surface area contributed by atoms with Crippen molar-refractivity contribution in [3.63, 3.8) is 0 Å². The number of amides is 1. The molecule has 0 heterocycles. The first kappa shape index (κ1) is 19.0. The summed E-state index contributed by atoms with van der Waals surface area (Å²) < 4.78 is 0. The quantitative estimate of drug-likeness (QED) is 0.507. The number of guanidine groups is 1. The number of nitrogens with zero attached hydrogens (tertiary/aromatic N) is 1. The zero-order valence-corrected chi connectivity index (χ0v) is 14.8. The van der Waals surface area contributed by atoms with Crippen LogP contribution in [-0.2, 0) is 11.2 Å². The molecular weight excluding hydrogens is 288 g/mol. The van der Waals surface area contributed by atoms with Gasteiger partial charge in [0.1, 0.15) is 6.54 Å². The van der Waals surface area contributed by atoms with E-state index in [4.69, 9.17) is 0 Å². The standard InChI is InChI=1S/C18H30N4O/c1-5-8-20-17(23)13-22-18(19-6-2)21-9-7-16-11-14(3)10-15(4)12-16/h10-12H,5-9,13H2,1-4H3,(H,20,23)(H2,19,21,22). The van der Waals surface area contributed by atoms with Crippen molar-refractivity contribution in [2.45, 2.75) is 40.5 Å².